The van der Waals surface area contributed by atoms with Gasteiger partial charge in [-0.1, -0.05) is 24.3 Å². The molecule has 31 heavy (non-hydrogen) atoms. The van der Waals surface area contributed by atoms with Crippen LogP contribution in [0.2, 0.25) is 0 Å². The first-order valence-corrected chi connectivity index (χ1v) is 9.91. The van der Waals surface area contributed by atoms with E-state index >= 15 is 0 Å². The Labute approximate surface area is 181 Å². The summed E-state index contributed by atoms with van der Waals surface area (Å²) < 4.78 is 49.1. The van der Waals surface area contributed by atoms with Crippen LogP contribution in [-0.2, 0) is 6.54 Å². The summed E-state index contributed by atoms with van der Waals surface area (Å²) in [5, 5.41) is 6.32. The van der Waals surface area contributed by atoms with Crippen LogP contribution in [0, 0.1) is 5.82 Å². The Morgan fingerprint density at radius 1 is 1.10 bits per heavy atom. The third-order valence-electron chi connectivity index (χ3n) is 4.58. The van der Waals surface area contributed by atoms with Crippen LogP contribution in [0.15, 0.2) is 47.5 Å². The molecule has 2 aromatic carbocycles. The lowest BCUT2D eigenvalue weighted by Gasteiger charge is -2.26. The van der Waals surface area contributed by atoms with Crippen LogP contribution in [0.3, 0.4) is 0 Å². The van der Waals surface area contributed by atoms with E-state index in [1.807, 2.05) is 19.0 Å². The number of ether oxygens (including phenoxy) is 2. The molecular formula is C22H29F3N4O2. The average Bonchev–Trinajstić information content (AvgIpc) is 2.73. The second-order valence-electron chi connectivity index (χ2n) is 6.89. The Morgan fingerprint density at radius 3 is 2.39 bits per heavy atom. The molecule has 0 aliphatic rings. The first kappa shape index (κ1) is 24.3. The minimum absolute atomic E-state index is 0.000201. The minimum Gasteiger partial charge on any atom is -0.490 e. The molecule has 0 bridgehead atoms. The Balaban J connectivity index is 2.06. The Kier molecular flexibility index (Phi) is 9.45. The van der Waals surface area contributed by atoms with Gasteiger partial charge >= 0.3 is 6.61 Å². The molecule has 2 rings (SSSR count). The predicted octanol–water partition coefficient (Wildman–Crippen LogP) is 3.79. The second-order valence-corrected chi connectivity index (χ2v) is 6.89. The molecule has 2 N–H and O–H groups in total. The lowest BCUT2D eigenvalue weighted by atomic mass is 10.1. The number of benzene rings is 2. The molecule has 0 saturated heterocycles. The molecule has 170 valence electrons. The van der Waals surface area contributed by atoms with E-state index in [1.54, 1.807) is 44.3 Å². The van der Waals surface area contributed by atoms with Gasteiger partial charge in [-0.05, 0) is 44.8 Å². The van der Waals surface area contributed by atoms with Crippen molar-refractivity contribution in [2.45, 2.75) is 26.1 Å². The second kappa shape index (κ2) is 12.0. The summed E-state index contributed by atoms with van der Waals surface area (Å²) >= 11 is 0. The lowest BCUT2D eigenvalue weighted by molar-refractivity contribution is -0.0520. The summed E-state index contributed by atoms with van der Waals surface area (Å²) in [6, 6.07) is 11.3. The first-order valence-electron chi connectivity index (χ1n) is 9.91. The number of nitrogens with one attached hydrogen (secondary N) is 2. The third-order valence-corrected chi connectivity index (χ3v) is 4.58. The maximum atomic E-state index is 13.2. The van der Waals surface area contributed by atoms with Crippen molar-refractivity contribution in [3.63, 3.8) is 0 Å². The Morgan fingerprint density at radius 2 is 1.81 bits per heavy atom. The number of halogens is 3. The number of guanidine groups is 1. The van der Waals surface area contributed by atoms with Gasteiger partial charge in [-0.3, -0.25) is 4.99 Å². The van der Waals surface area contributed by atoms with E-state index in [4.69, 9.17) is 9.47 Å². The van der Waals surface area contributed by atoms with Crippen molar-refractivity contribution in [1.29, 1.82) is 0 Å². The molecule has 6 nitrogen and oxygen atoms in total. The molecule has 2 aromatic rings. The van der Waals surface area contributed by atoms with Gasteiger partial charge < -0.3 is 25.0 Å². The maximum Gasteiger partial charge on any atom is 0.387 e. The molecule has 0 fully saturated rings. The SMILES string of the molecule is CCOc1cccc(CNC(=NC)NCC(c2ccc(F)cc2)N(C)C)c1OC(F)F. The molecule has 0 saturated carbocycles. The molecule has 0 heterocycles. The van der Waals surface area contributed by atoms with Crippen LogP contribution in [0.4, 0.5) is 13.2 Å². The number of para-hydroxylation sites is 1. The van der Waals surface area contributed by atoms with E-state index in [0.717, 1.165) is 5.56 Å². The summed E-state index contributed by atoms with van der Waals surface area (Å²) in [6.07, 6.45) is 0. The number of likely N-dealkylation sites (N-methyl/N-ethyl adjacent to an activating group) is 1. The number of alkyl halides is 2. The van der Waals surface area contributed by atoms with Gasteiger partial charge in [0.2, 0.25) is 0 Å². The van der Waals surface area contributed by atoms with Crippen molar-refractivity contribution in [2.24, 2.45) is 4.99 Å². The monoisotopic (exact) mass is 438 g/mol. The van der Waals surface area contributed by atoms with Crippen LogP contribution in [-0.4, -0.2) is 51.8 Å². The average molecular weight is 438 g/mol. The first-order chi connectivity index (χ1) is 14.8. The van der Waals surface area contributed by atoms with Gasteiger partial charge in [-0.2, -0.15) is 8.78 Å². The molecular weight excluding hydrogens is 409 g/mol. The van der Waals surface area contributed by atoms with Crippen molar-refractivity contribution >= 4 is 5.96 Å². The topological polar surface area (TPSA) is 58.1 Å². The number of hydrogen-bond donors (Lipinski definition) is 2. The highest BCUT2D eigenvalue weighted by Crippen LogP contribution is 2.32. The molecule has 1 unspecified atom stereocenters. The molecule has 9 heteroatoms. The van der Waals surface area contributed by atoms with E-state index in [0.29, 0.717) is 24.7 Å². The van der Waals surface area contributed by atoms with Crippen molar-refractivity contribution in [3.8, 4) is 11.5 Å². The summed E-state index contributed by atoms with van der Waals surface area (Å²) in [5.41, 5.74) is 1.46. The van der Waals surface area contributed by atoms with E-state index in [2.05, 4.69) is 15.6 Å². The van der Waals surface area contributed by atoms with Crippen LogP contribution in [0.1, 0.15) is 24.1 Å². The van der Waals surface area contributed by atoms with Crippen LogP contribution in [0.25, 0.3) is 0 Å². The van der Waals surface area contributed by atoms with E-state index in [9.17, 15) is 13.2 Å². The fourth-order valence-corrected chi connectivity index (χ4v) is 3.07. The van der Waals surface area contributed by atoms with Gasteiger partial charge in [0.05, 0.1) is 12.6 Å². The van der Waals surface area contributed by atoms with Gasteiger partial charge in [0.1, 0.15) is 5.82 Å². The zero-order valence-corrected chi connectivity index (χ0v) is 18.2. The number of aliphatic imine (C=N–C) groups is 1. The highest BCUT2D eigenvalue weighted by Gasteiger charge is 2.17. The van der Waals surface area contributed by atoms with Crippen LogP contribution < -0.4 is 20.1 Å². The zero-order valence-electron chi connectivity index (χ0n) is 18.2. The largest absolute Gasteiger partial charge is 0.490 e. The number of nitrogens with zero attached hydrogens (tertiary/aromatic N) is 2. The summed E-state index contributed by atoms with van der Waals surface area (Å²) in [4.78, 5) is 6.19. The van der Waals surface area contributed by atoms with Crippen LogP contribution in [0.5, 0.6) is 11.5 Å². The van der Waals surface area contributed by atoms with Crippen LogP contribution >= 0.6 is 0 Å². The van der Waals surface area contributed by atoms with Crippen molar-refractivity contribution in [1.82, 2.24) is 15.5 Å². The molecule has 0 spiro atoms. The summed E-state index contributed by atoms with van der Waals surface area (Å²) in [6.45, 7) is -0.168. The molecule has 0 radical (unpaired) electrons. The lowest BCUT2D eigenvalue weighted by Crippen LogP contribution is -2.41. The summed E-state index contributed by atoms with van der Waals surface area (Å²) in [7, 11) is 5.48. The van der Waals surface area contributed by atoms with Gasteiger partial charge in [-0.25, -0.2) is 4.39 Å². The molecule has 1 atom stereocenters. The standard InChI is InChI=1S/C22H29F3N4O2/c1-5-30-19-8-6-7-16(20(19)31-21(24)25)13-27-22(26-2)28-14-18(29(3)4)15-9-11-17(23)12-10-15/h6-12,18,21H,5,13-14H2,1-4H3,(H2,26,27,28). The van der Waals surface area contributed by atoms with Crippen molar-refractivity contribution in [3.05, 3.63) is 59.4 Å². The Bertz CT molecular complexity index is 845. The molecule has 0 aromatic heterocycles. The van der Waals surface area contributed by atoms with Crippen molar-refractivity contribution < 1.29 is 22.6 Å². The third kappa shape index (κ3) is 7.36. The predicted molar refractivity (Wildman–Crippen MR) is 115 cm³/mol. The highest BCUT2D eigenvalue weighted by molar-refractivity contribution is 5.79. The molecule has 0 amide bonds. The number of rotatable bonds is 10. The zero-order chi connectivity index (χ0) is 22.8. The summed E-state index contributed by atoms with van der Waals surface area (Å²) in [5.74, 6) is 0.454. The van der Waals surface area contributed by atoms with Gasteiger partial charge in [0, 0.05) is 25.7 Å². The van der Waals surface area contributed by atoms with Crippen molar-refractivity contribution in [2.75, 3.05) is 34.3 Å². The van der Waals surface area contributed by atoms with Gasteiger partial charge in [0.25, 0.3) is 0 Å². The smallest absolute Gasteiger partial charge is 0.387 e. The fourth-order valence-electron chi connectivity index (χ4n) is 3.07. The van der Waals surface area contributed by atoms with Gasteiger partial charge in [0.15, 0.2) is 17.5 Å². The van der Waals surface area contributed by atoms with E-state index < -0.39 is 6.61 Å². The highest BCUT2D eigenvalue weighted by atomic mass is 19.3. The molecule has 0 aliphatic heterocycles. The number of hydrogen-bond acceptors (Lipinski definition) is 4. The normalized spacial score (nSPS) is 12.7. The van der Waals surface area contributed by atoms with E-state index in [-0.39, 0.29) is 29.9 Å². The van der Waals surface area contributed by atoms with E-state index in [1.165, 1.54) is 12.1 Å². The quantitative estimate of drug-likeness (QED) is 0.437. The fraction of sp³-hybridized carbons (Fsp3) is 0.409. The minimum atomic E-state index is -2.96. The van der Waals surface area contributed by atoms with Gasteiger partial charge in [-0.15, -0.1) is 0 Å². The molecule has 0 aliphatic carbocycles. The maximum absolute atomic E-state index is 13.2. The Hall–Kier alpha value is -2.94.